The molecule has 0 aliphatic carbocycles. The van der Waals surface area contributed by atoms with Gasteiger partial charge in [0.05, 0.1) is 12.2 Å². The molecule has 0 amide bonds. The average molecular weight is 295 g/mol. The molecule has 0 atom stereocenters. The molecule has 2 rings (SSSR count). The Morgan fingerprint density at radius 3 is 2.55 bits per heavy atom. The van der Waals surface area contributed by atoms with Crippen LogP contribution in [0, 0.1) is 13.8 Å². The highest BCUT2D eigenvalue weighted by molar-refractivity contribution is 7.89. The molecular formula is C12H17N5O2S. The van der Waals surface area contributed by atoms with Gasteiger partial charge in [-0.15, -0.1) is 10.2 Å². The Morgan fingerprint density at radius 1 is 1.30 bits per heavy atom. The minimum Gasteiger partial charge on any atom is -0.398 e. The Bertz CT molecular complexity index is 736. The van der Waals surface area contributed by atoms with Crippen LogP contribution < -0.4 is 10.5 Å². The summed E-state index contributed by atoms with van der Waals surface area (Å²) in [4.78, 5) is 0.0859. The van der Waals surface area contributed by atoms with E-state index in [0.717, 1.165) is 11.1 Å². The van der Waals surface area contributed by atoms with Crippen molar-refractivity contribution >= 4 is 15.7 Å². The largest absolute Gasteiger partial charge is 0.398 e. The van der Waals surface area contributed by atoms with Gasteiger partial charge in [0.15, 0.2) is 0 Å². The molecular weight excluding hydrogens is 278 g/mol. The minimum atomic E-state index is -3.68. The molecule has 0 aliphatic rings. The number of hydrogen-bond acceptors (Lipinski definition) is 5. The van der Waals surface area contributed by atoms with Crippen LogP contribution in [0.3, 0.4) is 0 Å². The summed E-state index contributed by atoms with van der Waals surface area (Å²) in [5.41, 5.74) is 7.86. The highest BCUT2D eigenvalue weighted by Crippen LogP contribution is 2.22. The highest BCUT2D eigenvalue weighted by Gasteiger charge is 2.19. The summed E-state index contributed by atoms with van der Waals surface area (Å²) < 4.78 is 28.7. The maximum Gasteiger partial charge on any atom is 0.243 e. The van der Waals surface area contributed by atoms with Crippen molar-refractivity contribution < 1.29 is 8.42 Å². The van der Waals surface area contributed by atoms with Gasteiger partial charge in [-0.3, -0.25) is 0 Å². The van der Waals surface area contributed by atoms with Gasteiger partial charge in [-0.05, 0) is 37.1 Å². The van der Waals surface area contributed by atoms with Gasteiger partial charge in [0.2, 0.25) is 10.0 Å². The van der Waals surface area contributed by atoms with Gasteiger partial charge >= 0.3 is 0 Å². The average Bonchev–Trinajstić information content (AvgIpc) is 2.77. The quantitative estimate of drug-likeness (QED) is 0.799. The Morgan fingerprint density at radius 2 is 1.95 bits per heavy atom. The van der Waals surface area contributed by atoms with Crippen LogP contribution in [0.15, 0.2) is 23.4 Å². The van der Waals surface area contributed by atoms with Crippen LogP contribution in [0.25, 0.3) is 0 Å². The van der Waals surface area contributed by atoms with E-state index in [9.17, 15) is 8.42 Å². The second kappa shape index (κ2) is 5.22. The van der Waals surface area contributed by atoms with Crippen molar-refractivity contribution in [1.82, 2.24) is 19.5 Å². The summed E-state index contributed by atoms with van der Waals surface area (Å²) in [6, 6.07) is 3.23. The van der Waals surface area contributed by atoms with Gasteiger partial charge in [-0.2, -0.15) is 0 Å². The third-order valence-corrected chi connectivity index (χ3v) is 4.60. The lowest BCUT2D eigenvalue weighted by molar-refractivity contribution is 0.577. The Kier molecular flexibility index (Phi) is 3.78. The molecule has 1 aromatic carbocycles. The van der Waals surface area contributed by atoms with Crippen LogP contribution in [-0.2, 0) is 23.6 Å². The van der Waals surface area contributed by atoms with Crippen molar-refractivity contribution in [2.45, 2.75) is 25.3 Å². The molecule has 1 aromatic heterocycles. The number of benzene rings is 1. The summed E-state index contributed by atoms with van der Waals surface area (Å²) in [6.45, 7) is 3.79. The molecule has 3 N–H and O–H groups in total. The van der Waals surface area contributed by atoms with Gasteiger partial charge in [0, 0.05) is 7.05 Å². The molecule has 0 saturated carbocycles. The molecule has 0 radical (unpaired) electrons. The molecule has 108 valence electrons. The predicted molar refractivity (Wildman–Crippen MR) is 75.4 cm³/mol. The monoisotopic (exact) mass is 295 g/mol. The van der Waals surface area contributed by atoms with E-state index in [-0.39, 0.29) is 17.1 Å². The van der Waals surface area contributed by atoms with Gasteiger partial charge in [-0.25, -0.2) is 13.1 Å². The zero-order valence-electron chi connectivity index (χ0n) is 11.6. The van der Waals surface area contributed by atoms with E-state index in [2.05, 4.69) is 14.9 Å². The second-order valence-corrected chi connectivity index (χ2v) is 6.39. The molecule has 2 aromatic rings. The first-order valence-corrected chi connectivity index (χ1v) is 7.49. The van der Waals surface area contributed by atoms with Gasteiger partial charge in [-0.1, -0.05) is 0 Å². The number of rotatable bonds is 4. The van der Waals surface area contributed by atoms with E-state index in [4.69, 9.17) is 5.73 Å². The number of nitrogen functional groups attached to an aromatic ring is 1. The number of nitrogens with one attached hydrogen (secondary N) is 1. The predicted octanol–water partition coefficient (Wildman–Crippen LogP) is 0.493. The van der Waals surface area contributed by atoms with Crippen molar-refractivity contribution in [2.75, 3.05) is 5.73 Å². The molecule has 8 heteroatoms. The summed E-state index contributed by atoms with van der Waals surface area (Å²) >= 11 is 0. The van der Waals surface area contributed by atoms with Crippen molar-refractivity contribution in [2.24, 2.45) is 7.05 Å². The molecule has 7 nitrogen and oxygen atoms in total. The highest BCUT2D eigenvalue weighted by atomic mass is 32.2. The number of anilines is 1. The molecule has 0 aliphatic heterocycles. The number of nitrogens with zero attached hydrogens (tertiary/aromatic N) is 3. The molecule has 0 fully saturated rings. The summed E-state index contributed by atoms with van der Waals surface area (Å²) in [6.07, 6.45) is 1.51. The first-order valence-electron chi connectivity index (χ1n) is 6.00. The fourth-order valence-corrected chi connectivity index (χ4v) is 2.93. The third kappa shape index (κ3) is 2.81. The normalized spacial score (nSPS) is 11.8. The SMILES string of the molecule is Cc1cc(N)c(S(=O)(=O)NCc2nncn2C)cc1C. The number of nitrogens with two attached hydrogens (primary N) is 1. The summed E-state index contributed by atoms with van der Waals surface area (Å²) in [5.74, 6) is 0.524. The fraction of sp³-hybridized carbons (Fsp3) is 0.333. The fourth-order valence-electron chi connectivity index (χ4n) is 1.75. The third-order valence-electron chi connectivity index (χ3n) is 3.14. The number of hydrogen-bond donors (Lipinski definition) is 2. The molecule has 0 bridgehead atoms. The van der Waals surface area contributed by atoms with E-state index in [0.29, 0.717) is 5.82 Å². The lowest BCUT2D eigenvalue weighted by Crippen LogP contribution is -2.25. The van der Waals surface area contributed by atoms with E-state index >= 15 is 0 Å². The first kappa shape index (κ1) is 14.5. The van der Waals surface area contributed by atoms with Crippen molar-refractivity contribution in [1.29, 1.82) is 0 Å². The van der Waals surface area contributed by atoms with Crippen LogP contribution in [0.1, 0.15) is 17.0 Å². The molecule has 0 unspecified atom stereocenters. The standard InChI is InChI=1S/C12H17N5O2S/c1-8-4-10(13)11(5-9(8)2)20(18,19)15-6-12-16-14-7-17(12)3/h4-5,7,15H,6,13H2,1-3H3. The summed E-state index contributed by atoms with van der Waals surface area (Å²) in [5, 5.41) is 7.51. The smallest absolute Gasteiger partial charge is 0.243 e. The van der Waals surface area contributed by atoms with Crippen LogP contribution in [0.4, 0.5) is 5.69 Å². The van der Waals surface area contributed by atoms with Crippen molar-refractivity contribution in [3.05, 3.63) is 35.4 Å². The number of aryl methyl sites for hydroxylation is 3. The van der Waals surface area contributed by atoms with E-state index in [1.165, 1.54) is 6.33 Å². The van der Waals surface area contributed by atoms with Crippen LogP contribution in [0.5, 0.6) is 0 Å². The number of sulfonamides is 1. The lowest BCUT2D eigenvalue weighted by atomic mass is 10.1. The van der Waals surface area contributed by atoms with Gasteiger partial charge < -0.3 is 10.3 Å². The number of aromatic nitrogens is 3. The first-order chi connectivity index (χ1) is 9.31. The van der Waals surface area contributed by atoms with Crippen LogP contribution in [-0.4, -0.2) is 23.2 Å². The minimum absolute atomic E-state index is 0.0607. The van der Waals surface area contributed by atoms with E-state index < -0.39 is 10.0 Å². The molecule has 1 heterocycles. The van der Waals surface area contributed by atoms with Gasteiger partial charge in [0.25, 0.3) is 0 Å². The lowest BCUT2D eigenvalue weighted by Gasteiger charge is -2.11. The van der Waals surface area contributed by atoms with Crippen LogP contribution in [0.2, 0.25) is 0 Å². The molecule has 0 saturated heterocycles. The Labute approximate surface area is 117 Å². The van der Waals surface area contributed by atoms with Crippen LogP contribution >= 0.6 is 0 Å². The molecule has 0 spiro atoms. The topological polar surface area (TPSA) is 103 Å². The Hall–Kier alpha value is -1.93. The maximum atomic E-state index is 12.3. The van der Waals surface area contributed by atoms with E-state index in [1.807, 2.05) is 13.8 Å². The summed E-state index contributed by atoms with van der Waals surface area (Å²) in [7, 11) is -1.94. The van der Waals surface area contributed by atoms with Crippen molar-refractivity contribution in [3.8, 4) is 0 Å². The maximum absolute atomic E-state index is 12.3. The van der Waals surface area contributed by atoms with E-state index in [1.54, 1.807) is 23.7 Å². The molecule has 20 heavy (non-hydrogen) atoms. The second-order valence-electron chi connectivity index (χ2n) is 4.66. The zero-order chi connectivity index (χ0) is 14.9. The van der Waals surface area contributed by atoms with Crippen molar-refractivity contribution in [3.63, 3.8) is 0 Å². The Balaban J connectivity index is 2.27. The van der Waals surface area contributed by atoms with Gasteiger partial charge in [0.1, 0.15) is 17.0 Å². The zero-order valence-corrected chi connectivity index (χ0v) is 12.4.